The average molecular weight is 488 g/mol. The average Bonchev–Trinajstić information content (AvgIpc) is 2.77. The van der Waals surface area contributed by atoms with Crippen LogP contribution in [0.25, 0.3) is 0 Å². The summed E-state index contributed by atoms with van der Waals surface area (Å²) >= 11 is 0. The van der Waals surface area contributed by atoms with Crippen molar-refractivity contribution in [3.8, 4) is 0 Å². The van der Waals surface area contributed by atoms with E-state index in [4.69, 9.17) is 0 Å². The van der Waals surface area contributed by atoms with Crippen LogP contribution in [0.4, 0.5) is 5.69 Å². The molecule has 34 heavy (non-hydrogen) atoms. The molecule has 186 valence electrons. The summed E-state index contributed by atoms with van der Waals surface area (Å²) in [7, 11) is -1.95. The van der Waals surface area contributed by atoms with Crippen LogP contribution in [-0.4, -0.2) is 51.0 Å². The van der Waals surface area contributed by atoms with Crippen molar-refractivity contribution >= 4 is 27.5 Å². The SMILES string of the molecule is CC[C@H](C(=O)NC)N(Cc1cccc(C)c1)C(=O)CCCN(c1ccc(C)c(C)c1)S(C)(=O)=O. The topological polar surface area (TPSA) is 86.8 Å². The van der Waals surface area contributed by atoms with Crippen molar-refractivity contribution in [2.24, 2.45) is 0 Å². The molecule has 0 aliphatic carbocycles. The number of likely N-dealkylation sites (N-methyl/N-ethyl adjacent to an activating group) is 1. The molecule has 0 unspecified atom stereocenters. The van der Waals surface area contributed by atoms with E-state index in [1.54, 1.807) is 18.0 Å². The highest BCUT2D eigenvalue weighted by molar-refractivity contribution is 7.92. The molecule has 8 heteroatoms. The number of nitrogens with zero attached hydrogens (tertiary/aromatic N) is 2. The molecule has 2 aromatic carbocycles. The zero-order chi connectivity index (χ0) is 25.5. The number of anilines is 1. The highest BCUT2D eigenvalue weighted by atomic mass is 32.2. The van der Waals surface area contributed by atoms with Gasteiger partial charge in [0.2, 0.25) is 21.8 Å². The number of benzene rings is 2. The van der Waals surface area contributed by atoms with Crippen molar-refractivity contribution in [1.82, 2.24) is 10.2 Å². The second-order valence-corrected chi connectivity index (χ2v) is 10.7. The molecule has 1 atom stereocenters. The van der Waals surface area contributed by atoms with Gasteiger partial charge in [-0.2, -0.15) is 0 Å². The lowest BCUT2D eigenvalue weighted by Crippen LogP contribution is -2.48. The second kappa shape index (κ2) is 12.0. The number of hydrogen-bond donors (Lipinski definition) is 1. The summed E-state index contributed by atoms with van der Waals surface area (Å²) in [6, 6.07) is 12.8. The van der Waals surface area contributed by atoms with Crippen LogP contribution in [0.5, 0.6) is 0 Å². The van der Waals surface area contributed by atoms with Gasteiger partial charge in [0.25, 0.3) is 0 Å². The minimum atomic E-state index is -3.51. The normalized spacial score (nSPS) is 12.2. The largest absolute Gasteiger partial charge is 0.357 e. The van der Waals surface area contributed by atoms with E-state index in [0.717, 1.165) is 22.3 Å². The van der Waals surface area contributed by atoms with Gasteiger partial charge in [0.1, 0.15) is 6.04 Å². The van der Waals surface area contributed by atoms with E-state index in [1.807, 2.05) is 64.1 Å². The van der Waals surface area contributed by atoms with Gasteiger partial charge in [-0.25, -0.2) is 8.42 Å². The standard InChI is InChI=1S/C26H37N3O4S/c1-7-24(26(31)27-5)28(18-22-11-8-10-19(2)16-22)25(30)12-9-15-29(34(6,32)33)23-14-13-20(3)21(4)17-23/h8,10-11,13-14,16-17,24H,7,9,12,15,18H2,1-6H3,(H,27,31)/t24-/m1/s1. The van der Waals surface area contributed by atoms with Gasteiger partial charge >= 0.3 is 0 Å². The maximum Gasteiger partial charge on any atom is 0.242 e. The fraction of sp³-hybridized carbons (Fsp3) is 0.462. The lowest BCUT2D eigenvalue weighted by Gasteiger charge is -2.31. The Balaban J connectivity index is 2.20. The lowest BCUT2D eigenvalue weighted by atomic mass is 10.1. The molecule has 0 heterocycles. The summed E-state index contributed by atoms with van der Waals surface area (Å²) in [5.41, 5.74) is 4.70. The summed E-state index contributed by atoms with van der Waals surface area (Å²) in [5, 5.41) is 2.65. The summed E-state index contributed by atoms with van der Waals surface area (Å²) < 4.78 is 26.3. The molecule has 0 saturated heterocycles. The molecule has 2 rings (SSSR count). The van der Waals surface area contributed by atoms with Crippen LogP contribution < -0.4 is 9.62 Å². The fourth-order valence-electron chi connectivity index (χ4n) is 3.98. The number of aryl methyl sites for hydroxylation is 3. The van der Waals surface area contributed by atoms with E-state index in [9.17, 15) is 18.0 Å². The van der Waals surface area contributed by atoms with Crippen LogP contribution >= 0.6 is 0 Å². The highest BCUT2D eigenvalue weighted by Crippen LogP contribution is 2.22. The number of carbonyl (C=O) groups is 2. The highest BCUT2D eigenvalue weighted by Gasteiger charge is 2.28. The van der Waals surface area contributed by atoms with Crippen molar-refractivity contribution in [3.05, 3.63) is 64.7 Å². The van der Waals surface area contributed by atoms with E-state index in [0.29, 0.717) is 25.1 Å². The fourth-order valence-corrected chi connectivity index (χ4v) is 4.94. The third-order valence-corrected chi connectivity index (χ3v) is 7.19. The summed E-state index contributed by atoms with van der Waals surface area (Å²) in [6.07, 6.45) is 2.13. The molecule has 0 aromatic heterocycles. The van der Waals surface area contributed by atoms with Gasteiger partial charge in [-0.05, 0) is 62.4 Å². The number of rotatable bonds is 11. The summed E-state index contributed by atoms with van der Waals surface area (Å²) in [4.78, 5) is 27.4. The Hall–Kier alpha value is -2.87. The predicted molar refractivity (Wildman–Crippen MR) is 137 cm³/mol. The molecule has 0 radical (unpaired) electrons. The van der Waals surface area contributed by atoms with Gasteiger partial charge in [0.05, 0.1) is 11.9 Å². The third kappa shape index (κ3) is 7.32. The quantitative estimate of drug-likeness (QED) is 0.523. The maximum absolute atomic E-state index is 13.3. The molecule has 0 spiro atoms. The number of carbonyl (C=O) groups excluding carboxylic acids is 2. The molecule has 7 nitrogen and oxygen atoms in total. The van der Waals surface area contributed by atoms with Crippen molar-refractivity contribution in [3.63, 3.8) is 0 Å². The first-order valence-electron chi connectivity index (χ1n) is 11.6. The molecule has 0 fully saturated rings. The summed E-state index contributed by atoms with van der Waals surface area (Å²) in [5.74, 6) is -0.387. The number of sulfonamides is 1. The molecule has 0 bridgehead atoms. The van der Waals surface area contributed by atoms with Gasteiger partial charge in [0.15, 0.2) is 0 Å². The van der Waals surface area contributed by atoms with Crippen LogP contribution in [0, 0.1) is 20.8 Å². The van der Waals surface area contributed by atoms with E-state index >= 15 is 0 Å². The summed E-state index contributed by atoms with van der Waals surface area (Å²) in [6.45, 7) is 8.28. The molecule has 0 aliphatic heterocycles. The zero-order valence-corrected chi connectivity index (χ0v) is 21.9. The molecule has 1 N–H and O–H groups in total. The van der Waals surface area contributed by atoms with Gasteiger partial charge in [-0.1, -0.05) is 42.8 Å². The maximum atomic E-state index is 13.3. The first-order valence-corrected chi connectivity index (χ1v) is 13.4. The van der Waals surface area contributed by atoms with Gasteiger partial charge in [-0.3, -0.25) is 13.9 Å². The number of nitrogens with one attached hydrogen (secondary N) is 1. The third-order valence-electron chi connectivity index (χ3n) is 6.00. The van der Waals surface area contributed by atoms with Gasteiger partial charge in [0, 0.05) is 26.6 Å². The Kier molecular flexibility index (Phi) is 9.67. The minimum Gasteiger partial charge on any atom is -0.357 e. The Labute approximate surface area is 204 Å². The minimum absolute atomic E-state index is 0.135. The van der Waals surface area contributed by atoms with E-state index in [1.165, 1.54) is 10.6 Å². The Morgan fingerprint density at radius 2 is 1.74 bits per heavy atom. The Morgan fingerprint density at radius 1 is 1.03 bits per heavy atom. The van der Waals surface area contributed by atoms with Gasteiger partial charge < -0.3 is 10.2 Å². The first kappa shape index (κ1) is 27.4. The van der Waals surface area contributed by atoms with Crippen molar-refractivity contribution < 1.29 is 18.0 Å². The van der Waals surface area contributed by atoms with Crippen LogP contribution in [0.2, 0.25) is 0 Å². The molecule has 2 amide bonds. The van der Waals surface area contributed by atoms with Gasteiger partial charge in [-0.15, -0.1) is 0 Å². The Morgan fingerprint density at radius 3 is 2.29 bits per heavy atom. The van der Waals surface area contributed by atoms with Crippen molar-refractivity contribution in [2.75, 3.05) is 24.2 Å². The van der Waals surface area contributed by atoms with Crippen molar-refractivity contribution in [2.45, 2.75) is 59.5 Å². The molecular formula is C26H37N3O4S. The van der Waals surface area contributed by atoms with Crippen LogP contribution in [0.15, 0.2) is 42.5 Å². The lowest BCUT2D eigenvalue weighted by molar-refractivity contribution is -0.141. The van der Waals surface area contributed by atoms with Crippen LogP contribution in [-0.2, 0) is 26.2 Å². The van der Waals surface area contributed by atoms with E-state index in [-0.39, 0.29) is 24.8 Å². The van der Waals surface area contributed by atoms with Crippen LogP contribution in [0.1, 0.15) is 48.4 Å². The molecule has 0 saturated carbocycles. The smallest absolute Gasteiger partial charge is 0.242 e. The van der Waals surface area contributed by atoms with E-state index < -0.39 is 16.1 Å². The second-order valence-electron chi connectivity index (χ2n) is 8.76. The zero-order valence-electron chi connectivity index (χ0n) is 21.1. The first-order chi connectivity index (χ1) is 16.0. The molecule has 2 aromatic rings. The number of hydrogen-bond acceptors (Lipinski definition) is 4. The predicted octanol–water partition coefficient (Wildman–Crippen LogP) is 3.71. The monoisotopic (exact) mass is 487 g/mol. The van der Waals surface area contributed by atoms with Crippen molar-refractivity contribution in [1.29, 1.82) is 0 Å². The molecule has 0 aliphatic rings. The Bertz CT molecular complexity index is 1110. The van der Waals surface area contributed by atoms with E-state index in [2.05, 4.69) is 5.32 Å². The molecular weight excluding hydrogens is 450 g/mol. The number of amides is 2. The van der Waals surface area contributed by atoms with Crippen LogP contribution in [0.3, 0.4) is 0 Å².